The van der Waals surface area contributed by atoms with Crippen molar-refractivity contribution in [2.75, 3.05) is 25.1 Å². The van der Waals surface area contributed by atoms with Crippen molar-refractivity contribution in [1.29, 1.82) is 0 Å². The van der Waals surface area contributed by atoms with Crippen LogP contribution in [0.4, 0.5) is 4.79 Å². The summed E-state index contributed by atoms with van der Waals surface area (Å²) in [6, 6.07) is 8.69. The van der Waals surface area contributed by atoms with Crippen molar-refractivity contribution in [3.63, 3.8) is 0 Å². The number of hydrogen-bond donors (Lipinski definition) is 2. The molecule has 1 aliphatic rings. The molecule has 1 aromatic rings. The summed E-state index contributed by atoms with van der Waals surface area (Å²) < 4.78 is 28.3. The van der Waals surface area contributed by atoms with Gasteiger partial charge in [-0.25, -0.2) is 13.2 Å². The summed E-state index contributed by atoms with van der Waals surface area (Å²) in [6.07, 6.45) is 2.00. The third-order valence-corrected chi connectivity index (χ3v) is 6.18. The van der Waals surface area contributed by atoms with Gasteiger partial charge in [-0.15, -0.1) is 0 Å². The Morgan fingerprint density at radius 3 is 2.37 bits per heavy atom. The van der Waals surface area contributed by atoms with Crippen LogP contribution in [0, 0.1) is 0 Å². The number of carbonyl (C=O) groups is 2. The number of benzene rings is 1. The fraction of sp³-hybridized carbons (Fsp3) is 0.619. The summed E-state index contributed by atoms with van der Waals surface area (Å²) in [4.78, 5) is 27.3. The predicted octanol–water partition coefficient (Wildman–Crippen LogP) is 1.71. The van der Waals surface area contributed by atoms with E-state index in [1.165, 1.54) is 0 Å². The Labute approximate surface area is 179 Å². The molecule has 30 heavy (non-hydrogen) atoms. The smallest absolute Gasteiger partial charge is 0.408 e. The second kappa shape index (κ2) is 11.3. The van der Waals surface area contributed by atoms with Crippen molar-refractivity contribution in [2.45, 2.75) is 57.8 Å². The average molecular weight is 440 g/mol. The molecule has 9 heteroatoms. The summed E-state index contributed by atoms with van der Waals surface area (Å²) >= 11 is 0. The zero-order valence-electron chi connectivity index (χ0n) is 18.0. The molecule has 8 nitrogen and oxygen atoms in total. The van der Waals surface area contributed by atoms with Gasteiger partial charge in [-0.05, 0) is 38.7 Å². The van der Waals surface area contributed by atoms with Crippen molar-refractivity contribution in [1.82, 2.24) is 15.5 Å². The first-order chi connectivity index (χ1) is 14.1. The minimum atomic E-state index is -3.27. The van der Waals surface area contributed by atoms with Gasteiger partial charge in [0, 0.05) is 31.4 Å². The van der Waals surface area contributed by atoms with Gasteiger partial charge in [-0.1, -0.05) is 30.3 Å². The number of hydrogen-bond acceptors (Lipinski definition) is 6. The molecular formula is C21H33N3O5S. The molecule has 1 saturated heterocycles. The van der Waals surface area contributed by atoms with Crippen molar-refractivity contribution in [2.24, 2.45) is 0 Å². The molecule has 2 amide bonds. The first-order valence-electron chi connectivity index (χ1n) is 10.3. The molecule has 2 N–H and O–H groups in total. The van der Waals surface area contributed by atoms with Gasteiger partial charge in [0.2, 0.25) is 5.91 Å². The third kappa shape index (κ3) is 8.71. The van der Waals surface area contributed by atoms with E-state index in [0.717, 1.165) is 37.8 Å². The van der Waals surface area contributed by atoms with Gasteiger partial charge in [-0.2, -0.15) is 0 Å². The van der Waals surface area contributed by atoms with Crippen molar-refractivity contribution < 1.29 is 22.7 Å². The van der Waals surface area contributed by atoms with E-state index < -0.39 is 22.0 Å². The highest BCUT2D eigenvalue weighted by Gasteiger charge is 2.27. The fourth-order valence-electron chi connectivity index (χ4n) is 3.37. The molecule has 1 fully saturated rings. The maximum absolute atomic E-state index is 12.8. The van der Waals surface area contributed by atoms with E-state index >= 15 is 0 Å². The number of nitrogens with one attached hydrogen (secondary N) is 2. The first-order valence-corrected chi connectivity index (χ1v) is 12.4. The zero-order valence-corrected chi connectivity index (χ0v) is 18.8. The molecule has 0 spiro atoms. The van der Waals surface area contributed by atoms with Gasteiger partial charge in [0.25, 0.3) is 0 Å². The van der Waals surface area contributed by atoms with E-state index in [4.69, 9.17) is 4.74 Å². The Balaban J connectivity index is 1.90. The second-order valence-corrected chi connectivity index (χ2v) is 10.3. The monoisotopic (exact) mass is 439 g/mol. The minimum Gasteiger partial charge on any atom is -0.445 e. The summed E-state index contributed by atoms with van der Waals surface area (Å²) in [5.74, 6) is -0.575. The maximum atomic E-state index is 12.8. The number of likely N-dealkylation sites (tertiary alicyclic amines) is 1. The van der Waals surface area contributed by atoms with E-state index in [0.29, 0.717) is 6.04 Å². The molecule has 1 aliphatic heterocycles. The SMILES string of the molecule is CC(C)N1CCC(NC(=O)C(CCS(C)(=O)=O)NC(=O)OCc2ccccc2)CC1. The molecule has 1 unspecified atom stereocenters. The highest BCUT2D eigenvalue weighted by molar-refractivity contribution is 7.90. The summed E-state index contributed by atoms with van der Waals surface area (Å²) in [5, 5.41) is 5.49. The summed E-state index contributed by atoms with van der Waals surface area (Å²) in [6.45, 7) is 6.14. The van der Waals surface area contributed by atoms with Crippen LogP contribution in [0.5, 0.6) is 0 Å². The van der Waals surface area contributed by atoms with E-state index in [-0.39, 0.29) is 30.7 Å². The van der Waals surface area contributed by atoms with Crippen molar-refractivity contribution >= 4 is 21.8 Å². The van der Waals surface area contributed by atoms with Crippen LogP contribution in [0.1, 0.15) is 38.7 Å². The topological polar surface area (TPSA) is 105 Å². The molecule has 0 aliphatic carbocycles. The largest absolute Gasteiger partial charge is 0.445 e. The Hall–Kier alpha value is -2.13. The molecule has 168 valence electrons. The van der Waals surface area contributed by atoms with Crippen molar-refractivity contribution in [3.8, 4) is 0 Å². The lowest BCUT2D eigenvalue weighted by atomic mass is 10.0. The van der Waals surface area contributed by atoms with E-state index in [1.54, 1.807) is 0 Å². The average Bonchev–Trinajstić information content (AvgIpc) is 2.70. The van der Waals surface area contributed by atoms with Gasteiger partial charge in [-0.3, -0.25) is 4.79 Å². The van der Waals surface area contributed by atoms with Crippen LogP contribution >= 0.6 is 0 Å². The maximum Gasteiger partial charge on any atom is 0.408 e. The summed E-state index contributed by atoms with van der Waals surface area (Å²) in [7, 11) is -3.27. The Kier molecular flexibility index (Phi) is 9.10. The van der Waals surface area contributed by atoms with E-state index in [2.05, 4.69) is 29.4 Å². The highest BCUT2D eigenvalue weighted by Crippen LogP contribution is 2.13. The predicted molar refractivity (Wildman–Crippen MR) is 116 cm³/mol. The third-order valence-electron chi connectivity index (χ3n) is 5.20. The van der Waals surface area contributed by atoms with E-state index in [9.17, 15) is 18.0 Å². The molecule has 1 heterocycles. The molecular weight excluding hydrogens is 406 g/mol. The zero-order chi connectivity index (χ0) is 22.1. The number of piperidine rings is 1. The van der Waals surface area contributed by atoms with Crippen molar-refractivity contribution in [3.05, 3.63) is 35.9 Å². The van der Waals surface area contributed by atoms with Gasteiger partial charge < -0.3 is 20.3 Å². The summed E-state index contributed by atoms with van der Waals surface area (Å²) in [5.41, 5.74) is 0.821. The standard InChI is InChI=1S/C21H33N3O5S/c1-16(2)24-12-9-18(10-13-24)22-20(25)19(11-14-30(3,27)28)23-21(26)29-15-17-7-5-4-6-8-17/h4-8,16,18-19H,9-15H2,1-3H3,(H,22,25)(H,23,26). The van der Waals surface area contributed by atoms with Crippen LogP contribution in [0.25, 0.3) is 0 Å². The lowest BCUT2D eigenvalue weighted by molar-refractivity contribution is -0.124. The fourth-order valence-corrected chi connectivity index (χ4v) is 4.03. The second-order valence-electron chi connectivity index (χ2n) is 8.09. The molecule has 1 aromatic carbocycles. The number of nitrogens with zero attached hydrogens (tertiary/aromatic N) is 1. The highest BCUT2D eigenvalue weighted by atomic mass is 32.2. The number of alkyl carbamates (subject to hydrolysis) is 1. The van der Waals surface area contributed by atoms with Crippen LogP contribution in [-0.4, -0.2) is 68.5 Å². The van der Waals surface area contributed by atoms with Gasteiger partial charge >= 0.3 is 6.09 Å². The number of carbonyl (C=O) groups excluding carboxylic acids is 2. The van der Waals surface area contributed by atoms with Crippen LogP contribution in [0.2, 0.25) is 0 Å². The first kappa shape index (κ1) is 24.1. The lowest BCUT2D eigenvalue weighted by Crippen LogP contribution is -2.53. The normalized spacial score (nSPS) is 16.8. The molecule has 2 rings (SSSR count). The Morgan fingerprint density at radius 1 is 1.17 bits per heavy atom. The Morgan fingerprint density at radius 2 is 1.80 bits per heavy atom. The van der Waals surface area contributed by atoms with Gasteiger partial charge in [0.1, 0.15) is 22.5 Å². The van der Waals surface area contributed by atoms with E-state index in [1.807, 2.05) is 30.3 Å². The number of amides is 2. The minimum absolute atomic E-state index is 0.00403. The molecule has 0 saturated carbocycles. The van der Waals surface area contributed by atoms with Crippen LogP contribution in [-0.2, 0) is 26.0 Å². The number of ether oxygens (including phenoxy) is 1. The van der Waals surface area contributed by atoms with Gasteiger partial charge in [0.05, 0.1) is 5.75 Å². The Bertz CT molecular complexity index is 790. The van der Waals surface area contributed by atoms with Crippen LogP contribution in [0.15, 0.2) is 30.3 Å². The molecule has 0 bridgehead atoms. The number of sulfone groups is 1. The molecule has 1 atom stereocenters. The number of rotatable bonds is 9. The molecule has 0 radical (unpaired) electrons. The van der Waals surface area contributed by atoms with Crippen LogP contribution < -0.4 is 10.6 Å². The van der Waals surface area contributed by atoms with Gasteiger partial charge in [0.15, 0.2) is 0 Å². The molecule has 0 aromatic heterocycles. The van der Waals surface area contributed by atoms with Crippen LogP contribution in [0.3, 0.4) is 0 Å². The quantitative estimate of drug-likeness (QED) is 0.607. The lowest BCUT2D eigenvalue weighted by Gasteiger charge is -2.35.